The number of hydrogen-bond donors (Lipinski definition) is 0. The zero-order chi connectivity index (χ0) is 43.6. The molecular weight excluding hydrogens is 805 g/mol. The van der Waals surface area contributed by atoms with Gasteiger partial charge in [0.15, 0.2) is 0 Å². The third-order valence-corrected chi connectivity index (χ3v) is 13.0. The Labute approximate surface area is 381 Å². The molecule has 0 N–H and O–H groups in total. The molecule has 66 heavy (non-hydrogen) atoms. The first-order valence-electron chi connectivity index (χ1n) is 22.4. The van der Waals surface area contributed by atoms with E-state index in [9.17, 15) is 0 Å². The molecular formula is C62H40N2O2. The number of fused-ring (bicyclic) bond motifs is 9. The van der Waals surface area contributed by atoms with Crippen molar-refractivity contribution >= 4 is 99.5 Å². The molecule has 0 aliphatic heterocycles. The van der Waals surface area contributed by atoms with E-state index >= 15 is 0 Å². The van der Waals surface area contributed by atoms with Gasteiger partial charge in [0.25, 0.3) is 0 Å². The average Bonchev–Trinajstić information content (AvgIpc) is 3.94. The van der Waals surface area contributed by atoms with Crippen molar-refractivity contribution in [1.29, 1.82) is 0 Å². The SMILES string of the molecule is c1ccc(-c2ccccc2-c2ccccc2N(c2ccccc2)c2cccc(N(c3ccc4ccc5cc6oc7ccccc7c6cc5c4c3)c3ccc4oc5ccccc5c4c3)c2)cc1. The Morgan fingerprint density at radius 3 is 1.52 bits per heavy atom. The summed E-state index contributed by atoms with van der Waals surface area (Å²) >= 11 is 0. The van der Waals surface area contributed by atoms with Crippen molar-refractivity contribution in [3.63, 3.8) is 0 Å². The van der Waals surface area contributed by atoms with E-state index in [1.54, 1.807) is 0 Å². The van der Waals surface area contributed by atoms with Crippen LogP contribution in [-0.4, -0.2) is 0 Å². The molecule has 11 aromatic carbocycles. The summed E-state index contributed by atoms with van der Waals surface area (Å²) in [6.07, 6.45) is 0. The fraction of sp³-hybridized carbons (Fsp3) is 0. The number of furan rings is 2. The molecule has 2 aromatic heterocycles. The molecule has 0 fully saturated rings. The van der Waals surface area contributed by atoms with Gasteiger partial charge in [0.05, 0.1) is 5.69 Å². The maximum absolute atomic E-state index is 6.36. The fourth-order valence-electron chi connectivity index (χ4n) is 9.96. The Kier molecular flexibility index (Phi) is 8.81. The van der Waals surface area contributed by atoms with Crippen LogP contribution in [0.5, 0.6) is 0 Å². The lowest BCUT2D eigenvalue weighted by Gasteiger charge is -2.31. The zero-order valence-electron chi connectivity index (χ0n) is 35.8. The molecule has 0 bridgehead atoms. The van der Waals surface area contributed by atoms with Gasteiger partial charge in [-0.25, -0.2) is 0 Å². The quantitative estimate of drug-likeness (QED) is 0.143. The van der Waals surface area contributed by atoms with Crippen molar-refractivity contribution in [1.82, 2.24) is 0 Å². The van der Waals surface area contributed by atoms with Crippen LogP contribution in [0.15, 0.2) is 251 Å². The molecule has 2 heterocycles. The van der Waals surface area contributed by atoms with Gasteiger partial charge in [0, 0.05) is 55.5 Å². The first-order valence-corrected chi connectivity index (χ1v) is 22.4. The summed E-state index contributed by atoms with van der Waals surface area (Å²) in [5, 5.41) is 9.06. The number of nitrogens with zero attached hydrogens (tertiary/aromatic N) is 2. The lowest BCUT2D eigenvalue weighted by atomic mass is 9.93. The summed E-state index contributed by atoms with van der Waals surface area (Å²) < 4.78 is 12.7. The smallest absolute Gasteiger partial charge is 0.136 e. The third kappa shape index (κ3) is 6.30. The lowest BCUT2D eigenvalue weighted by molar-refractivity contribution is 0.668. The summed E-state index contributed by atoms with van der Waals surface area (Å²) in [6, 6.07) is 86.7. The number of hydrogen-bond acceptors (Lipinski definition) is 4. The van der Waals surface area contributed by atoms with Crippen LogP contribution in [0.1, 0.15) is 0 Å². The van der Waals surface area contributed by atoms with Crippen LogP contribution in [0.2, 0.25) is 0 Å². The van der Waals surface area contributed by atoms with Crippen molar-refractivity contribution in [3.8, 4) is 22.3 Å². The number of para-hydroxylation sites is 4. The van der Waals surface area contributed by atoms with E-state index in [0.29, 0.717) is 0 Å². The minimum Gasteiger partial charge on any atom is -0.456 e. The highest BCUT2D eigenvalue weighted by atomic mass is 16.3. The molecule has 0 saturated carbocycles. The maximum atomic E-state index is 6.36. The number of rotatable bonds is 8. The minimum absolute atomic E-state index is 0.858. The number of benzene rings is 11. The molecule has 13 rings (SSSR count). The first-order chi connectivity index (χ1) is 32.7. The van der Waals surface area contributed by atoms with Crippen molar-refractivity contribution < 1.29 is 8.83 Å². The van der Waals surface area contributed by atoms with Crippen LogP contribution in [0.4, 0.5) is 34.1 Å². The lowest BCUT2D eigenvalue weighted by Crippen LogP contribution is -2.14. The maximum Gasteiger partial charge on any atom is 0.136 e. The molecule has 4 nitrogen and oxygen atoms in total. The van der Waals surface area contributed by atoms with Crippen LogP contribution < -0.4 is 9.80 Å². The van der Waals surface area contributed by atoms with Crippen LogP contribution in [0.25, 0.3) is 87.7 Å². The Bertz CT molecular complexity index is 3960. The zero-order valence-corrected chi connectivity index (χ0v) is 35.8. The molecule has 0 unspecified atom stereocenters. The molecule has 0 aliphatic carbocycles. The van der Waals surface area contributed by atoms with E-state index < -0.39 is 0 Å². The Balaban J connectivity index is 1.03. The van der Waals surface area contributed by atoms with Crippen LogP contribution in [0, 0.1) is 0 Å². The van der Waals surface area contributed by atoms with Crippen molar-refractivity contribution in [2.24, 2.45) is 0 Å². The van der Waals surface area contributed by atoms with Crippen LogP contribution in [0.3, 0.4) is 0 Å². The predicted octanol–water partition coefficient (Wildman–Crippen LogP) is 18.1. The third-order valence-electron chi connectivity index (χ3n) is 13.0. The van der Waals surface area contributed by atoms with Gasteiger partial charge >= 0.3 is 0 Å². The van der Waals surface area contributed by atoms with Gasteiger partial charge in [-0.05, 0) is 129 Å². The Morgan fingerprint density at radius 2 is 0.742 bits per heavy atom. The van der Waals surface area contributed by atoms with Gasteiger partial charge in [-0.15, -0.1) is 0 Å². The largest absolute Gasteiger partial charge is 0.456 e. The fourth-order valence-corrected chi connectivity index (χ4v) is 9.96. The highest BCUT2D eigenvalue weighted by Crippen LogP contribution is 2.47. The molecule has 13 aromatic rings. The molecule has 0 spiro atoms. The summed E-state index contributed by atoms with van der Waals surface area (Å²) in [7, 11) is 0. The Morgan fingerprint density at radius 1 is 0.242 bits per heavy atom. The second-order valence-electron chi connectivity index (χ2n) is 16.9. The molecule has 0 amide bonds. The van der Waals surface area contributed by atoms with Gasteiger partial charge < -0.3 is 18.6 Å². The van der Waals surface area contributed by atoms with E-state index in [-0.39, 0.29) is 0 Å². The monoisotopic (exact) mass is 844 g/mol. The summed E-state index contributed by atoms with van der Waals surface area (Å²) in [4.78, 5) is 4.77. The van der Waals surface area contributed by atoms with Crippen molar-refractivity contribution in [3.05, 3.63) is 243 Å². The van der Waals surface area contributed by atoms with Gasteiger partial charge in [0.1, 0.15) is 22.3 Å². The summed E-state index contributed by atoms with van der Waals surface area (Å²) in [6.45, 7) is 0. The molecule has 0 radical (unpaired) electrons. The second kappa shape index (κ2) is 15.4. The van der Waals surface area contributed by atoms with E-state index in [1.807, 2.05) is 24.3 Å². The molecule has 0 saturated heterocycles. The van der Waals surface area contributed by atoms with Crippen molar-refractivity contribution in [2.45, 2.75) is 0 Å². The summed E-state index contributed by atoms with van der Waals surface area (Å²) in [5.74, 6) is 0. The van der Waals surface area contributed by atoms with Gasteiger partial charge in [0.2, 0.25) is 0 Å². The van der Waals surface area contributed by atoms with Crippen LogP contribution >= 0.6 is 0 Å². The van der Waals surface area contributed by atoms with Gasteiger partial charge in [-0.2, -0.15) is 0 Å². The minimum atomic E-state index is 0.858. The molecule has 0 aliphatic rings. The standard InChI is InChI=1S/C62H40N2O2/c1-3-16-41(17-4-1)49-22-7-8-23-50(49)51-24-9-12-27-58(51)64(44-18-5-2-6-19-44)46-21-15-20-45(37-46)63(48-34-35-61-56(39-48)52-25-10-13-28-59(52)65-61)47-33-32-42-30-31-43-36-62-57(40-55(43)54(42)38-47)53-26-11-14-29-60(53)66-62/h1-40H. The van der Waals surface area contributed by atoms with E-state index in [2.05, 4.69) is 228 Å². The highest BCUT2D eigenvalue weighted by molar-refractivity contribution is 6.17. The summed E-state index contributed by atoms with van der Waals surface area (Å²) in [5.41, 5.74) is 14.5. The highest BCUT2D eigenvalue weighted by Gasteiger charge is 2.22. The van der Waals surface area contributed by atoms with E-state index in [1.165, 1.54) is 32.8 Å². The molecule has 310 valence electrons. The topological polar surface area (TPSA) is 32.8 Å². The van der Waals surface area contributed by atoms with E-state index in [0.717, 1.165) is 89.0 Å². The Hall–Kier alpha value is -8.86. The van der Waals surface area contributed by atoms with Crippen LogP contribution in [-0.2, 0) is 0 Å². The van der Waals surface area contributed by atoms with E-state index in [4.69, 9.17) is 8.83 Å². The average molecular weight is 845 g/mol. The number of anilines is 6. The second-order valence-corrected chi connectivity index (χ2v) is 16.9. The van der Waals surface area contributed by atoms with Crippen molar-refractivity contribution in [2.75, 3.05) is 9.80 Å². The van der Waals surface area contributed by atoms with Gasteiger partial charge in [-0.1, -0.05) is 152 Å². The predicted molar refractivity (Wildman–Crippen MR) is 276 cm³/mol. The van der Waals surface area contributed by atoms with Gasteiger partial charge in [-0.3, -0.25) is 0 Å². The normalized spacial score (nSPS) is 11.6. The molecule has 0 atom stereocenters. The molecule has 4 heteroatoms. The first kappa shape index (κ1) is 37.7.